The van der Waals surface area contributed by atoms with Crippen molar-refractivity contribution in [3.63, 3.8) is 0 Å². The van der Waals surface area contributed by atoms with Gasteiger partial charge in [-0.1, -0.05) is 55.5 Å². The highest BCUT2D eigenvalue weighted by Gasteiger charge is 2.77. The fourth-order valence-electron chi connectivity index (χ4n) is 7.09. The van der Waals surface area contributed by atoms with Gasteiger partial charge in [-0.3, -0.25) is 14.4 Å². The maximum Gasteiger partial charge on any atom is 0.248 e. The van der Waals surface area contributed by atoms with Crippen molar-refractivity contribution in [1.82, 2.24) is 4.90 Å². The zero-order valence-corrected chi connectivity index (χ0v) is 22.9. The molecule has 0 radical (unpaired) electrons. The lowest BCUT2D eigenvalue weighted by molar-refractivity contribution is -0.141. The van der Waals surface area contributed by atoms with E-state index in [0.29, 0.717) is 24.2 Å². The van der Waals surface area contributed by atoms with Crippen molar-refractivity contribution in [2.75, 3.05) is 17.2 Å². The lowest BCUT2D eigenvalue weighted by Crippen LogP contribution is -2.54. The van der Waals surface area contributed by atoms with Gasteiger partial charge in [-0.25, -0.2) is 0 Å². The smallest absolute Gasteiger partial charge is 0.248 e. The quantitative estimate of drug-likeness (QED) is 0.402. The fraction of sp³-hybridized carbons (Fsp3) is 0.387. The van der Waals surface area contributed by atoms with Crippen LogP contribution >= 0.6 is 11.8 Å². The van der Waals surface area contributed by atoms with E-state index in [4.69, 9.17) is 0 Å². The molecule has 202 valence electrons. The number of hydrogen-bond donors (Lipinski definition) is 3. The number of amides is 3. The Morgan fingerprint density at radius 3 is 2.38 bits per heavy atom. The molecule has 3 N–H and O–H groups in total. The number of anilines is 2. The molecule has 6 rings (SSSR count). The first-order valence-electron chi connectivity index (χ1n) is 13.6. The van der Waals surface area contributed by atoms with E-state index in [1.54, 1.807) is 16.7 Å². The van der Waals surface area contributed by atoms with Gasteiger partial charge in [0.05, 0.1) is 29.2 Å². The lowest BCUT2D eigenvalue weighted by Gasteiger charge is -2.36. The number of rotatable bonds is 7. The Labute approximate surface area is 232 Å². The average molecular weight is 544 g/mol. The molecule has 3 saturated heterocycles. The van der Waals surface area contributed by atoms with Crippen LogP contribution in [-0.2, 0) is 14.4 Å². The number of para-hydroxylation sites is 1. The highest BCUT2D eigenvalue weighted by molar-refractivity contribution is 8.02. The molecule has 3 aromatic rings. The monoisotopic (exact) mass is 543 g/mol. The zero-order valence-electron chi connectivity index (χ0n) is 22.1. The number of carbonyl (C=O) groups excluding carboxylic acids is 3. The summed E-state index contributed by atoms with van der Waals surface area (Å²) < 4.78 is -1.21. The van der Waals surface area contributed by atoms with Crippen LogP contribution in [0.25, 0.3) is 10.8 Å². The first-order valence-corrected chi connectivity index (χ1v) is 14.4. The van der Waals surface area contributed by atoms with Crippen molar-refractivity contribution in [2.24, 2.45) is 11.8 Å². The molecule has 2 unspecified atom stereocenters. The Morgan fingerprint density at radius 2 is 1.67 bits per heavy atom. The highest BCUT2D eigenvalue weighted by atomic mass is 32.2. The van der Waals surface area contributed by atoms with Gasteiger partial charge in [-0.2, -0.15) is 0 Å². The zero-order chi connectivity index (χ0) is 27.4. The highest BCUT2D eigenvalue weighted by Crippen LogP contribution is 2.71. The van der Waals surface area contributed by atoms with E-state index in [0.717, 1.165) is 17.2 Å². The van der Waals surface area contributed by atoms with Crippen LogP contribution in [0.2, 0.25) is 0 Å². The molecule has 0 aromatic heterocycles. The van der Waals surface area contributed by atoms with Gasteiger partial charge in [0.15, 0.2) is 0 Å². The molecule has 7 nitrogen and oxygen atoms in total. The van der Waals surface area contributed by atoms with Gasteiger partial charge in [0.1, 0.15) is 6.04 Å². The Morgan fingerprint density at radius 1 is 0.974 bits per heavy atom. The molecule has 3 aromatic carbocycles. The van der Waals surface area contributed by atoms with E-state index >= 15 is 0 Å². The second kappa shape index (κ2) is 9.68. The standard InChI is InChI=1S/C31H33N3O4S/c1-3-23(18-35)34-26(28(37)33-22-14-13-19-9-7-8-10-20(19)17-22)31-16-15-30(2,39-31)24(25(31)29(34)38)27(36)32-21-11-5-4-6-12-21/h4-14,17,23-26,35H,3,15-16,18H2,1-2H3,(H,32,36)(H,33,37)/t23-,24+,25-,26?,30-,31?/m0/s1. The minimum atomic E-state index is -0.792. The van der Waals surface area contributed by atoms with Crippen LogP contribution in [0.5, 0.6) is 0 Å². The molecule has 3 aliphatic heterocycles. The summed E-state index contributed by atoms with van der Waals surface area (Å²) >= 11 is 1.63. The van der Waals surface area contributed by atoms with Crippen molar-refractivity contribution in [2.45, 2.75) is 54.7 Å². The number of nitrogens with one attached hydrogen (secondary N) is 2. The number of aliphatic hydroxyl groups excluding tert-OH is 1. The van der Waals surface area contributed by atoms with Gasteiger partial charge >= 0.3 is 0 Å². The second-order valence-corrected chi connectivity index (χ2v) is 13.0. The maximum absolute atomic E-state index is 14.2. The van der Waals surface area contributed by atoms with Gasteiger partial charge in [0, 0.05) is 16.1 Å². The third kappa shape index (κ3) is 4.03. The summed E-state index contributed by atoms with van der Waals surface area (Å²) in [5, 5.41) is 18.4. The molecular weight excluding hydrogens is 510 g/mol. The summed E-state index contributed by atoms with van der Waals surface area (Å²) in [7, 11) is 0. The number of benzene rings is 3. The molecule has 6 atom stereocenters. The Kier molecular flexibility index (Phi) is 6.43. The minimum Gasteiger partial charge on any atom is -0.394 e. The van der Waals surface area contributed by atoms with E-state index < -0.39 is 33.4 Å². The molecule has 3 heterocycles. The summed E-state index contributed by atoms with van der Waals surface area (Å²) in [6, 6.07) is 21.7. The first-order chi connectivity index (χ1) is 18.8. The van der Waals surface area contributed by atoms with Crippen molar-refractivity contribution in [1.29, 1.82) is 0 Å². The predicted molar refractivity (Wildman–Crippen MR) is 154 cm³/mol. The molecule has 3 amide bonds. The van der Waals surface area contributed by atoms with E-state index in [9.17, 15) is 19.5 Å². The second-order valence-electron chi connectivity index (χ2n) is 11.1. The van der Waals surface area contributed by atoms with E-state index in [-0.39, 0.29) is 24.3 Å². The van der Waals surface area contributed by atoms with Gasteiger partial charge in [0.25, 0.3) is 0 Å². The van der Waals surface area contributed by atoms with Crippen molar-refractivity contribution in [3.8, 4) is 0 Å². The Bertz CT molecular complexity index is 1440. The lowest BCUT2D eigenvalue weighted by atomic mass is 9.66. The van der Waals surface area contributed by atoms with Crippen LogP contribution in [0, 0.1) is 11.8 Å². The SMILES string of the molecule is CC[C@@H](CO)N1C(=O)[C@@H]2[C@H](C(=O)Nc3ccccc3)[C@]3(C)CCC2(S3)C1C(=O)Nc1ccc2ccccc2c1. The van der Waals surface area contributed by atoms with Crippen LogP contribution in [0.3, 0.4) is 0 Å². The maximum atomic E-state index is 14.2. The number of hydrogen-bond acceptors (Lipinski definition) is 5. The summed E-state index contributed by atoms with van der Waals surface area (Å²) in [4.78, 5) is 43.7. The minimum absolute atomic E-state index is 0.191. The molecule has 3 aliphatic rings. The number of fused-ring (bicyclic) bond motifs is 2. The average Bonchev–Trinajstić information content (AvgIpc) is 3.51. The Balaban J connectivity index is 1.37. The van der Waals surface area contributed by atoms with Gasteiger partial charge in [-0.05, 0) is 61.2 Å². The van der Waals surface area contributed by atoms with Crippen LogP contribution in [-0.4, -0.2) is 55.9 Å². The van der Waals surface area contributed by atoms with Gasteiger partial charge < -0.3 is 20.6 Å². The molecule has 2 bridgehead atoms. The summed E-state index contributed by atoms with van der Waals surface area (Å²) in [5.41, 5.74) is 1.34. The number of likely N-dealkylation sites (tertiary alicyclic amines) is 1. The summed E-state index contributed by atoms with van der Waals surface area (Å²) in [6.45, 7) is 3.72. The molecule has 8 heteroatoms. The van der Waals surface area contributed by atoms with Crippen LogP contribution in [0.4, 0.5) is 11.4 Å². The van der Waals surface area contributed by atoms with Gasteiger partial charge in [-0.15, -0.1) is 11.8 Å². The van der Waals surface area contributed by atoms with Crippen LogP contribution in [0.15, 0.2) is 72.8 Å². The third-order valence-electron chi connectivity index (χ3n) is 8.88. The van der Waals surface area contributed by atoms with Gasteiger partial charge in [0.2, 0.25) is 17.7 Å². The molecular formula is C31H33N3O4S. The Hall–Kier alpha value is -3.36. The number of aliphatic hydroxyl groups is 1. The topological polar surface area (TPSA) is 98.7 Å². The first kappa shape index (κ1) is 25.9. The number of nitrogens with zero attached hydrogens (tertiary/aromatic N) is 1. The fourth-order valence-corrected chi connectivity index (χ4v) is 9.43. The molecule has 39 heavy (non-hydrogen) atoms. The largest absolute Gasteiger partial charge is 0.394 e. The molecule has 0 saturated carbocycles. The van der Waals surface area contributed by atoms with Crippen molar-refractivity contribution < 1.29 is 19.5 Å². The number of carbonyl (C=O) groups is 3. The van der Waals surface area contributed by atoms with Crippen molar-refractivity contribution >= 4 is 51.6 Å². The molecule has 3 fully saturated rings. The van der Waals surface area contributed by atoms with Crippen LogP contribution in [0.1, 0.15) is 33.1 Å². The third-order valence-corrected chi connectivity index (χ3v) is 10.9. The molecule has 1 spiro atoms. The molecule has 0 aliphatic carbocycles. The van der Waals surface area contributed by atoms with Crippen molar-refractivity contribution in [3.05, 3.63) is 72.8 Å². The van der Waals surface area contributed by atoms with E-state index in [2.05, 4.69) is 17.6 Å². The van der Waals surface area contributed by atoms with E-state index in [1.807, 2.05) is 79.7 Å². The summed E-state index contributed by atoms with van der Waals surface area (Å²) in [5.74, 6) is -1.89. The predicted octanol–water partition coefficient (Wildman–Crippen LogP) is 4.67. The van der Waals surface area contributed by atoms with Crippen LogP contribution < -0.4 is 10.6 Å². The number of thioether (sulfide) groups is 1. The normalized spacial score (nSPS) is 29.9. The van der Waals surface area contributed by atoms with E-state index in [1.165, 1.54) is 0 Å². The summed E-state index contributed by atoms with van der Waals surface area (Å²) in [6.07, 6.45) is 1.90.